The molecule has 0 N–H and O–H groups in total. The largest absolute Gasteiger partial charge is 0.467 e. The molecule has 0 saturated heterocycles. The Balaban J connectivity index is 2.46. The number of hydrogen-bond donors (Lipinski definition) is 0. The first-order valence-electron chi connectivity index (χ1n) is 4.38. The lowest BCUT2D eigenvalue weighted by molar-refractivity contribution is -0.109. The van der Waals surface area contributed by atoms with E-state index in [0.29, 0.717) is 11.8 Å². The van der Waals surface area contributed by atoms with Crippen LogP contribution < -0.4 is 4.74 Å². The van der Waals surface area contributed by atoms with Crippen molar-refractivity contribution in [3.8, 4) is 6.01 Å². The maximum Gasteiger partial charge on any atom is 0.316 e. The molecule has 1 rings (SSSR count). The minimum atomic E-state index is 0.116. The van der Waals surface area contributed by atoms with Gasteiger partial charge in [-0.25, -0.2) is 9.97 Å². The first kappa shape index (κ1) is 11.7. The standard InChI is InChI=1S/C10H12N2O2S/c1-8(13)15-5-3-4-9-6-11-10(14-2)12-7-9/h3-4,6-7H,5H2,1-2H3. The molecule has 1 aromatic rings. The second kappa shape index (κ2) is 6.19. The van der Waals surface area contributed by atoms with Gasteiger partial charge in [-0.05, 0) is 0 Å². The molecular weight excluding hydrogens is 212 g/mol. The fraction of sp³-hybridized carbons (Fsp3) is 0.300. The highest BCUT2D eigenvalue weighted by Crippen LogP contribution is 2.06. The lowest BCUT2D eigenvalue weighted by atomic mass is 10.3. The maximum atomic E-state index is 10.6. The minimum absolute atomic E-state index is 0.116. The summed E-state index contributed by atoms with van der Waals surface area (Å²) in [5.74, 6) is 0.668. The number of nitrogens with zero attached hydrogens (tertiary/aromatic N) is 2. The summed E-state index contributed by atoms with van der Waals surface area (Å²) in [4.78, 5) is 18.5. The lowest BCUT2D eigenvalue weighted by Crippen LogP contribution is -1.90. The number of carbonyl (C=O) groups is 1. The van der Waals surface area contributed by atoms with E-state index in [2.05, 4.69) is 9.97 Å². The Morgan fingerprint density at radius 1 is 1.53 bits per heavy atom. The zero-order valence-electron chi connectivity index (χ0n) is 8.64. The molecule has 0 aliphatic carbocycles. The molecule has 0 amide bonds. The number of methoxy groups -OCH3 is 1. The lowest BCUT2D eigenvalue weighted by Gasteiger charge is -1.96. The van der Waals surface area contributed by atoms with E-state index in [1.165, 1.54) is 18.9 Å². The van der Waals surface area contributed by atoms with E-state index in [1.807, 2.05) is 12.2 Å². The van der Waals surface area contributed by atoms with Gasteiger partial charge in [-0.2, -0.15) is 0 Å². The molecule has 1 heterocycles. The van der Waals surface area contributed by atoms with Gasteiger partial charge in [0, 0.05) is 30.6 Å². The van der Waals surface area contributed by atoms with E-state index in [9.17, 15) is 4.79 Å². The van der Waals surface area contributed by atoms with Crippen LogP contribution in [0, 0.1) is 0 Å². The zero-order chi connectivity index (χ0) is 11.1. The monoisotopic (exact) mass is 224 g/mol. The van der Waals surface area contributed by atoms with E-state index >= 15 is 0 Å². The number of thioether (sulfide) groups is 1. The Hall–Kier alpha value is -1.36. The van der Waals surface area contributed by atoms with Crippen LogP contribution in [0.2, 0.25) is 0 Å². The summed E-state index contributed by atoms with van der Waals surface area (Å²) in [6.45, 7) is 1.55. The SMILES string of the molecule is COc1ncc(C=CCSC(C)=O)cn1. The van der Waals surface area contributed by atoms with Crippen LogP contribution in [0.25, 0.3) is 6.08 Å². The molecule has 0 fully saturated rings. The number of hydrogen-bond acceptors (Lipinski definition) is 5. The molecule has 0 unspecified atom stereocenters. The summed E-state index contributed by atoms with van der Waals surface area (Å²) in [5.41, 5.74) is 0.889. The van der Waals surface area contributed by atoms with Crippen LogP contribution in [0.1, 0.15) is 12.5 Å². The highest BCUT2D eigenvalue weighted by atomic mass is 32.2. The Morgan fingerprint density at radius 3 is 2.73 bits per heavy atom. The summed E-state index contributed by atoms with van der Waals surface area (Å²) in [6, 6.07) is 0.352. The van der Waals surface area contributed by atoms with Crippen LogP contribution in [0.4, 0.5) is 0 Å². The Morgan fingerprint density at radius 2 is 2.20 bits per heavy atom. The molecule has 80 valence electrons. The van der Waals surface area contributed by atoms with Gasteiger partial charge in [0.1, 0.15) is 0 Å². The van der Waals surface area contributed by atoms with Crippen LogP contribution in [-0.2, 0) is 4.79 Å². The van der Waals surface area contributed by atoms with Crippen molar-refractivity contribution in [3.63, 3.8) is 0 Å². The zero-order valence-corrected chi connectivity index (χ0v) is 9.45. The van der Waals surface area contributed by atoms with Crippen molar-refractivity contribution in [2.75, 3.05) is 12.9 Å². The van der Waals surface area contributed by atoms with Gasteiger partial charge in [-0.1, -0.05) is 23.9 Å². The van der Waals surface area contributed by atoms with E-state index in [0.717, 1.165) is 5.56 Å². The number of aromatic nitrogens is 2. The molecule has 5 heteroatoms. The van der Waals surface area contributed by atoms with Gasteiger partial charge in [-0.15, -0.1) is 0 Å². The van der Waals surface area contributed by atoms with Gasteiger partial charge in [0.15, 0.2) is 5.12 Å². The summed E-state index contributed by atoms with van der Waals surface area (Å²) >= 11 is 1.27. The van der Waals surface area contributed by atoms with Crippen LogP contribution in [0.3, 0.4) is 0 Å². The molecule has 0 spiro atoms. The average Bonchev–Trinajstić information content (AvgIpc) is 2.25. The third-order valence-electron chi connectivity index (χ3n) is 1.52. The normalized spacial score (nSPS) is 10.5. The van der Waals surface area contributed by atoms with Crippen LogP contribution in [-0.4, -0.2) is 27.9 Å². The van der Waals surface area contributed by atoms with Crippen molar-refractivity contribution >= 4 is 23.0 Å². The van der Waals surface area contributed by atoms with Crippen molar-refractivity contribution < 1.29 is 9.53 Å². The first-order valence-corrected chi connectivity index (χ1v) is 5.37. The molecule has 0 radical (unpaired) electrons. The number of rotatable bonds is 4. The molecule has 0 atom stereocenters. The number of ether oxygens (including phenoxy) is 1. The van der Waals surface area contributed by atoms with Crippen LogP contribution in [0.15, 0.2) is 18.5 Å². The fourth-order valence-corrected chi connectivity index (χ4v) is 1.29. The van der Waals surface area contributed by atoms with Crippen molar-refractivity contribution in [1.82, 2.24) is 9.97 Å². The smallest absolute Gasteiger partial charge is 0.316 e. The fourth-order valence-electron chi connectivity index (χ4n) is 0.867. The van der Waals surface area contributed by atoms with E-state index < -0.39 is 0 Å². The summed E-state index contributed by atoms with van der Waals surface area (Å²) in [5, 5.41) is 0.116. The van der Waals surface area contributed by atoms with Crippen molar-refractivity contribution in [3.05, 3.63) is 24.0 Å². The van der Waals surface area contributed by atoms with Gasteiger partial charge in [0.25, 0.3) is 0 Å². The predicted octanol–water partition coefficient (Wildman–Crippen LogP) is 1.78. The molecule has 0 aliphatic rings. The maximum absolute atomic E-state index is 10.6. The Bertz CT molecular complexity index is 349. The van der Waals surface area contributed by atoms with E-state index in [4.69, 9.17) is 4.74 Å². The molecule has 0 bridgehead atoms. The van der Waals surface area contributed by atoms with Crippen LogP contribution in [0.5, 0.6) is 6.01 Å². The molecule has 0 aliphatic heterocycles. The van der Waals surface area contributed by atoms with E-state index in [1.54, 1.807) is 19.3 Å². The third kappa shape index (κ3) is 4.60. The Labute approximate surface area is 92.8 Å². The van der Waals surface area contributed by atoms with Gasteiger partial charge < -0.3 is 4.74 Å². The van der Waals surface area contributed by atoms with Crippen LogP contribution >= 0.6 is 11.8 Å². The minimum Gasteiger partial charge on any atom is -0.467 e. The third-order valence-corrected chi connectivity index (χ3v) is 2.29. The molecular formula is C10H12N2O2S. The van der Waals surface area contributed by atoms with Gasteiger partial charge in [0.05, 0.1) is 7.11 Å². The Kier molecular flexibility index (Phi) is 4.83. The predicted molar refractivity (Wildman–Crippen MR) is 60.8 cm³/mol. The van der Waals surface area contributed by atoms with E-state index in [-0.39, 0.29) is 5.12 Å². The quantitative estimate of drug-likeness (QED) is 0.780. The molecule has 0 aromatic carbocycles. The summed E-state index contributed by atoms with van der Waals surface area (Å²) in [6.07, 6.45) is 7.11. The molecule has 1 aromatic heterocycles. The molecule has 4 nitrogen and oxygen atoms in total. The number of carbonyl (C=O) groups excluding carboxylic acids is 1. The molecule has 0 saturated carbocycles. The van der Waals surface area contributed by atoms with Crippen molar-refractivity contribution in [2.24, 2.45) is 0 Å². The van der Waals surface area contributed by atoms with Crippen molar-refractivity contribution in [2.45, 2.75) is 6.92 Å². The van der Waals surface area contributed by atoms with Crippen molar-refractivity contribution in [1.29, 1.82) is 0 Å². The highest BCUT2D eigenvalue weighted by molar-refractivity contribution is 8.13. The summed E-state index contributed by atoms with van der Waals surface area (Å²) < 4.78 is 4.83. The second-order valence-electron chi connectivity index (χ2n) is 2.71. The highest BCUT2D eigenvalue weighted by Gasteiger charge is 1.93. The topological polar surface area (TPSA) is 52.1 Å². The second-order valence-corrected chi connectivity index (χ2v) is 3.90. The summed E-state index contributed by atoms with van der Waals surface area (Å²) in [7, 11) is 1.52. The first-order chi connectivity index (χ1) is 7.22. The van der Waals surface area contributed by atoms with Gasteiger partial charge >= 0.3 is 6.01 Å². The average molecular weight is 224 g/mol. The molecule has 15 heavy (non-hydrogen) atoms. The van der Waals surface area contributed by atoms with Gasteiger partial charge in [0.2, 0.25) is 0 Å². The van der Waals surface area contributed by atoms with Gasteiger partial charge in [-0.3, -0.25) is 4.79 Å².